The number of carbonyl (C=O) groups excluding carboxylic acids is 1. The second-order valence-electron chi connectivity index (χ2n) is 2.32. The largest absolute Gasteiger partial charge is 0.548 e. The molecular weight excluding hydrogens is 132 g/mol. The standard InChI is InChI=1S/C6H11NO2.H3N/c8-6(9)5-3-1-2-4-7-5;/h5,7H,1-4H2,(H,8,9);1H3. The van der Waals surface area contributed by atoms with E-state index in [9.17, 15) is 9.90 Å². The maximum atomic E-state index is 10.2. The van der Waals surface area contributed by atoms with Crippen molar-refractivity contribution in [1.82, 2.24) is 11.5 Å². The number of rotatable bonds is 1. The number of hydrogen-bond donors (Lipinski definition) is 2. The Kier molecular flexibility index (Phi) is 3.99. The Bertz CT molecular complexity index is 110. The van der Waals surface area contributed by atoms with Crippen LogP contribution in [0.15, 0.2) is 0 Å². The van der Waals surface area contributed by atoms with E-state index in [4.69, 9.17) is 0 Å². The Labute approximate surface area is 60.2 Å². The summed E-state index contributed by atoms with van der Waals surface area (Å²) >= 11 is 0. The Morgan fingerprint density at radius 3 is 2.50 bits per heavy atom. The van der Waals surface area contributed by atoms with E-state index < -0.39 is 12.0 Å². The van der Waals surface area contributed by atoms with Crippen molar-refractivity contribution in [1.29, 1.82) is 0 Å². The van der Waals surface area contributed by atoms with Crippen molar-refractivity contribution in [3.05, 3.63) is 0 Å². The molecular formula is C6H14N2O2. The molecule has 1 atom stereocenters. The van der Waals surface area contributed by atoms with Crippen molar-refractivity contribution in [3.8, 4) is 0 Å². The highest BCUT2D eigenvalue weighted by Gasteiger charge is 2.11. The van der Waals surface area contributed by atoms with Gasteiger partial charge in [-0.3, -0.25) is 0 Å². The second-order valence-corrected chi connectivity index (χ2v) is 2.32. The molecule has 1 aliphatic heterocycles. The van der Waals surface area contributed by atoms with Gasteiger partial charge in [0.1, 0.15) is 0 Å². The summed E-state index contributed by atoms with van der Waals surface area (Å²) in [5.74, 6) is -0.963. The van der Waals surface area contributed by atoms with Gasteiger partial charge in [-0.05, 0) is 19.4 Å². The maximum absolute atomic E-state index is 10.2. The molecule has 60 valence electrons. The van der Waals surface area contributed by atoms with Crippen LogP contribution in [-0.4, -0.2) is 18.6 Å². The van der Waals surface area contributed by atoms with Crippen molar-refractivity contribution >= 4 is 5.97 Å². The summed E-state index contributed by atoms with van der Waals surface area (Å²) < 4.78 is 0. The molecule has 0 radical (unpaired) electrons. The number of carboxylic acid groups (broad SMARTS) is 1. The van der Waals surface area contributed by atoms with E-state index in [2.05, 4.69) is 5.32 Å². The Hall–Kier alpha value is -0.610. The first-order valence-corrected chi connectivity index (χ1v) is 3.25. The smallest absolute Gasteiger partial charge is 0.0584 e. The number of quaternary nitrogens is 1. The summed E-state index contributed by atoms with van der Waals surface area (Å²) in [4.78, 5) is 10.2. The van der Waals surface area contributed by atoms with Gasteiger partial charge in [-0.25, -0.2) is 0 Å². The van der Waals surface area contributed by atoms with Gasteiger partial charge in [-0.2, -0.15) is 0 Å². The molecule has 1 heterocycles. The van der Waals surface area contributed by atoms with E-state index in [1.807, 2.05) is 0 Å². The molecule has 1 unspecified atom stereocenters. The van der Waals surface area contributed by atoms with E-state index in [0.717, 1.165) is 25.8 Å². The minimum absolute atomic E-state index is 0. The average Bonchev–Trinajstić information content (AvgIpc) is 1.90. The summed E-state index contributed by atoms with van der Waals surface area (Å²) in [5, 5.41) is 13.0. The first-order chi connectivity index (χ1) is 4.30. The van der Waals surface area contributed by atoms with Gasteiger partial charge in [0.05, 0.1) is 5.97 Å². The fraction of sp³-hybridized carbons (Fsp3) is 0.833. The Morgan fingerprint density at radius 1 is 1.50 bits per heavy atom. The summed E-state index contributed by atoms with van der Waals surface area (Å²) in [7, 11) is 0. The predicted molar refractivity (Wildman–Crippen MR) is 36.6 cm³/mol. The van der Waals surface area contributed by atoms with Crippen LogP contribution in [0.3, 0.4) is 0 Å². The van der Waals surface area contributed by atoms with Gasteiger partial charge >= 0.3 is 0 Å². The average molecular weight is 146 g/mol. The molecule has 10 heavy (non-hydrogen) atoms. The highest BCUT2D eigenvalue weighted by atomic mass is 16.4. The highest BCUT2D eigenvalue weighted by molar-refractivity contribution is 5.71. The van der Waals surface area contributed by atoms with Gasteiger partial charge in [0.2, 0.25) is 0 Å². The molecule has 0 amide bonds. The maximum Gasteiger partial charge on any atom is 0.0584 e. The van der Waals surface area contributed by atoms with Crippen LogP contribution in [0.1, 0.15) is 19.3 Å². The molecule has 0 aromatic rings. The van der Waals surface area contributed by atoms with Crippen LogP contribution in [0.4, 0.5) is 0 Å². The fourth-order valence-corrected chi connectivity index (χ4v) is 1.05. The van der Waals surface area contributed by atoms with Crippen molar-refractivity contribution in [2.24, 2.45) is 0 Å². The van der Waals surface area contributed by atoms with Crippen molar-refractivity contribution < 1.29 is 9.90 Å². The molecule has 1 fully saturated rings. The van der Waals surface area contributed by atoms with Gasteiger partial charge < -0.3 is 21.4 Å². The quantitative estimate of drug-likeness (QED) is 0.510. The third-order valence-electron chi connectivity index (χ3n) is 1.59. The lowest BCUT2D eigenvalue weighted by atomic mass is 10.1. The van der Waals surface area contributed by atoms with Gasteiger partial charge in [-0.15, -0.1) is 0 Å². The Morgan fingerprint density at radius 2 is 2.20 bits per heavy atom. The molecule has 5 N–H and O–H groups in total. The van der Waals surface area contributed by atoms with Gasteiger partial charge in [-0.1, -0.05) is 6.42 Å². The molecule has 0 saturated carbocycles. The molecule has 1 saturated heterocycles. The molecule has 0 bridgehead atoms. The number of carbonyl (C=O) groups is 1. The molecule has 0 aromatic carbocycles. The third-order valence-corrected chi connectivity index (χ3v) is 1.59. The molecule has 0 aromatic heterocycles. The van der Waals surface area contributed by atoms with Crippen LogP contribution in [0.25, 0.3) is 0 Å². The van der Waals surface area contributed by atoms with Gasteiger partial charge in [0, 0.05) is 6.04 Å². The molecule has 1 rings (SSSR count). The second kappa shape index (κ2) is 4.24. The molecule has 0 spiro atoms. The fourth-order valence-electron chi connectivity index (χ4n) is 1.05. The van der Waals surface area contributed by atoms with E-state index >= 15 is 0 Å². The van der Waals surface area contributed by atoms with Crippen LogP contribution < -0.4 is 16.6 Å². The van der Waals surface area contributed by atoms with Crippen molar-refractivity contribution in [2.45, 2.75) is 25.3 Å². The first kappa shape index (κ1) is 9.39. The minimum atomic E-state index is -0.963. The van der Waals surface area contributed by atoms with E-state index in [0.29, 0.717) is 0 Å². The molecule has 4 nitrogen and oxygen atoms in total. The lowest BCUT2D eigenvalue weighted by molar-refractivity contribution is -0.308. The van der Waals surface area contributed by atoms with Crippen molar-refractivity contribution in [2.75, 3.05) is 6.54 Å². The van der Waals surface area contributed by atoms with Gasteiger partial charge in [0.15, 0.2) is 0 Å². The van der Waals surface area contributed by atoms with Gasteiger partial charge in [0.25, 0.3) is 0 Å². The predicted octanol–water partition coefficient (Wildman–Crippen LogP) is -0.745. The zero-order chi connectivity index (χ0) is 6.69. The summed E-state index contributed by atoms with van der Waals surface area (Å²) in [6.45, 7) is 0.818. The number of piperidine rings is 1. The molecule has 4 heteroatoms. The van der Waals surface area contributed by atoms with Crippen LogP contribution in [0.5, 0.6) is 0 Å². The number of aliphatic carboxylic acids is 1. The van der Waals surface area contributed by atoms with Crippen molar-refractivity contribution in [3.63, 3.8) is 0 Å². The monoisotopic (exact) mass is 146 g/mol. The lowest BCUT2D eigenvalue weighted by Crippen LogP contribution is -2.47. The van der Waals surface area contributed by atoms with E-state index in [1.54, 1.807) is 0 Å². The molecule has 0 aliphatic carbocycles. The van der Waals surface area contributed by atoms with E-state index in [1.165, 1.54) is 0 Å². The topological polar surface area (TPSA) is 88.7 Å². The van der Waals surface area contributed by atoms with E-state index in [-0.39, 0.29) is 6.15 Å². The zero-order valence-corrected chi connectivity index (χ0v) is 6.22. The van der Waals surface area contributed by atoms with Crippen LogP contribution in [0.2, 0.25) is 0 Å². The number of carboxylic acids is 1. The third kappa shape index (κ3) is 2.33. The molecule has 1 aliphatic rings. The first-order valence-electron chi connectivity index (χ1n) is 3.25. The zero-order valence-electron chi connectivity index (χ0n) is 6.22. The summed E-state index contributed by atoms with van der Waals surface area (Å²) in [6.07, 6.45) is 2.82. The minimum Gasteiger partial charge on any atom is -0.548 e. The van der Waals surface area contributed by atoms with Crippen LogP contribution in [0, 0.1) is 0 Å². The SMILES string of the molecule is O=C([O-])C1CCCCN1.[NH4+]. The number of nitrogens with one attached hydrogen (secondary N) is 1. The summed E-state index contributed by atoms with van der Waals surface area (Å²) in [5.41, 5.74) is 0. The lowest BCUT2D eigenvalue weighted by Gasteiger charge is -2.23. The summed E-state index contributed by atoms with van der Waals surface area (Å²) in [6, 6.07) is -0.390. The Balaban J connectivity index is 0.000000810. The number of hydrogen-bond acceptors (Lipinski definition) is 3. The van der Waals surface area contributed by atoms with Crippen LogP contribution >= 0.6 is 0 Å². The normalized spacial score (nSPS) is 25.0. The van der Waals surface area contributed by atoms with Crippen LogP contribution in [-0.2, 0) is 4.79 Å². The highest BCUT2D eigenvalue weighted by Crippen LogP contribution is 2.05.